The predicted molar refractivity (Wildman–Crippen MR) is 83.1 cm³/mol. The summed E-state index contributed by atoms with van der Waals surface area (Å²) in [5.74, 6) is -0.533. The van der Waals surface area contributed by atoms with Gasteiger partial charge in [-0.2, -0.15) is 0 Å². The van der Waals surface area contributed by atoms with Crippen LogP contribution >= 0.6 is 23.2 Å². The average Bonchev–Trinajstić information content (AvgIpc) is 2.47. The van der Waals surface area contributed by atoms with Gasteiger partial charge in [-0.15, -0.1) is 13.2 Å². The highest BCUT2D eigenvalue weighted by atomic mass is 35.5. The highest BCUT2D eigenvalue weighted by Gasteiger charge is 2.32. The Balaban J connectivity index is 2.46. The Bertz CT molecular complexity index is 693. The number of halogens is 5. The second-order valence-corrected chi connectivity index (χ2v) is 5.31. The molecule has 0 saturated carbocycles. The quantitative estimate of drug-likeness (QED) is 0.819. The maximum absolute atomic E-state index is 12.6. The molecule has 8 heteroatoms. The Hall–Kier alpha value is -1.63. The number of nitrogens with two attached hydrogens (primary N) is 1. The molecule has 124 valence electrons. The lowest BCUT2D eigenvalue weighted by Gasteiger charge is -2.15. The lowest BCUT2D eigenvalue weighted by molar-refractivity contribution is -0.275. The molecule has 2 aromatic rings. The molecule has 3 nitrogen and oxygen atoms in total. The van der Waals surface area contributed by atoms with E-state index < -0.39 is 12.1 Å². The van der Waals surface area contributed by atoms with Gasteiger partial charge in [-0.3, -0.25) is 0 Å². The van der Waals surface area contributed by atoms with E-state index in [1.165, 1.54) is 12.1 Å². The maximum atomic E-state index is 12.6. The van der Waals surface area contributed by atoms with Gasteiger partial charge in [-0.1, -0.05) is 29.3 Å². The third-order valence-corrected chi connectivity index (χ3v) is 3.35. The first kappa shape index (κ1) is 17.7. The summed E-state index contributed by atoms with van der Waals surface area (Å²) in [6, 6.07) is 8.81. The zero-order valence-corrected chi connectivity index (χ0v) is 13.2. The standard InChI is InChI=1S/C15H12Cl2F3NO2/c16-10-2-3-12(17)11(8-10)9-1-4-13(22-6-5-21)14(7-9)23-15(18,19)20/h1-4,7-8H,5-6,21H2. The zero-order chi connectivity index (χ0) is 17.0. The normalized spacial score (nSPS) is 11.4. The van der Waals surface area contributed by atoms with Crippen LogP contribution in [0.3, 0.4) is 0 Å². The fraction of sp³-hybridized carbons (Fsp3) is 0.200. The summed E-state index contributed by atoms with van der Waals surface area (Å²) in [5.41, 5.74) is 6.19. The van der Waals surface area contributed by atoms with Crippen molar-refractivity contribution in [1.82, 2.24) is 0 Å². The molecule has 0 aliphatic heterocycles. The molecule has 0 saturated heterocycles. The largest absolute Gasteiger partial charge is 0.573 e. The Morgan fingerprint density at radius 3 is 2.39 bits per heavy atom. The average molecular weight is 366 g/mol. The van der Waals surface area contributed by atoms with E-state index >= 15 is 0 Å². The van der Waals surface area contributed by atoms with Crippen LogP contribution in [0.25, 0.3) is 11.1 Å². The van der Waals surface area contributed by atoms with Gasteiger partial charge in [0.25, 0.3) is 0 Å². The van der Waals surface area contributed by atoms with E-state index in [-0.39, 0.29) is 18.9 Å². The Morgan fingerprint density at radius 2 is 1.74 bits per heavy atom. The van der Waals surface area contributed by atoms with Crippen LogP contribution in [0.5, 0.6) is 11.5 Å². The lowest BCUT2D eigenvalue weighted by Crippen LogP contribution is -2.18. The molecular formula is C15H12Cl2F3NO2. The van der Waals surface area contributed by atoms with Crippen LogP contribution < -0.4 is 15.2 Å². The highest BCUT2D eigenvalue weighted by Crippen LogP contribution is 2.38. The first-order valence-electron chi connectivity index (χ1n) is 6.48. The molecule has 0 amide bonds. The van der Waals surface area contributed by atoms with Crippen LogP contribution in [0.15, 0.2) is 36.4 Å². The Morgan fingerprint density at radius 1 is 1.00 bits per heavy atom. The van der Waals surface area contributed by atoms with E-state index in [4.69, 9.17) is 33.7 Å². The van der Waals surface area contributed by atoms with Gasteiger partial charge in [0.15, 0.2) is 11.5 Å². The summed E-state index contributed by atoms with van der Waals surface area (Å²) in [7, 11) is 0. The molecule has 2 rings (SSSR count). The van der Waals surface area contributed by atoms with Crippen LogP contribution in [-0.4, -0.2) is 19.5 Å². The molecule has 0 radical (unpaired) electrons. The van der Waals surface area contributed by atoms with Gasteiger partial charge >= 0.3 is 6.36 Å². The van der Waals surface area contributed by atoms with E-state index in [0.717, 1.165) is 0 Å². The number of benzene rings is 2. The molecule has 0 atom stereocenters. The molecule has 23 heavy (non-hydrogen) atoms. The van der Waals surface area contributed by atoms with Crippen LogP contribution in [0.1, 0.15) is 0 Å². The minimum Gasteiger partial charge on any atom is -0.488 e. The van der Waals surface area contributed by atoms with Gasteiger partial charge in [0, 0.05) is 22.2 Å². The monoisotopic (exact) mass is 365 g/mol. The highest BCUT2D eigenvalue weighted by molar-refractivity contribution is 6.35. The molecule has 0 fully saturated rings. The number of hydrogen-bond donors (Lipinski definition) is 1. The third kappa shape index (κ3) is 4.92. The molecule has 0 aliphatic rings. The predicted octanol–water partition coefficient (Wildman–Crippen LogP) is 4.90. The molecule has 0 spiro atoms. The van der Waals surface area contributed by atoms with E-state index in [2.05, 4.69) is 4.74 Å². The third-order valence-electron chi connectivity index (χ3n) is 2.78. The SMILES string of the molecule is NCCOc1ccc(-c2cc(Cl)ccc2Cl)cc1OC(F)(F)F. The van der Waals surface area contributed by atoms with Gasteiger partial charge in [0.05, 0.1) is 0 Å². The Kier molecular flexibility index (Phi) is 5.62. The fourth-order valence-corrected chi connectivity index (χ4v) is 2.29. The molecule has 2 aromatic carbocycles. The number of ether oxygens (including phenoxy) is 2. The van der Waals surface area contributed by atoms with Crippen LogP contribution in [0.2, 0.25) is 10.0 Å². The molecule has 0 heterocycles. The van der Waals surface area contributed by atoms with Gasteiger partial charge < -0.3 is 15.2 Å². The maximum Gasteiger partial charge on any atom is 0.573 e. The smallest absolute Gasteiger partial charge is 0.488 e. The van der Waals surface area contributed by atoms with Crippen LogP contribution in [0.4, 0.5) is 13.2 Å². The van der Waals surface area contributed by atoms with Crippen molar-refractivity contribution in [2.45, 2.75) is 6.36 Å². The summed E-state index contributed by atoms with van der Waals surface area (Å²) < 4.78 is 46.9. The summed E-state index contributed by atoms with van der Waals surface area (Å²) in [6.45, 7) is 0.221. The van der Waals surface area contributed by atoms with Crippen molar-refractivity contribution in [3.8, 4) is 22.6 Å². The topological polar surface area (TPSA) is 44.5 Å². The van der Waals surface area contributed by atoms with Crippen LogP contribution in [0, 0.1) is 0 Å². The minimum absolute atomic E-state index is 0.0605. The fourth-order valence-electron chi connectivity index (χ4n) is 1.89. The second-order valence-electron chi connectivity index (χ2n) is 4.47. The summed E-state index contributed by atoms with van der Waals surface area (Å²) >= 11 is 12.0. The van der Waals surface area contributed by atoms with E-state index in [1.54, 1.807) is 24.3 Å². The van der Waals surface area contributed by atoms with E-state index in [0.29, 0.717) is 21.2 Å². The van der Waals surface area contributed by atoms with Gasteiger partial charge in [0.1, 0.15) is 6.61 Å². The van der Waals surface area contributed by atoms with E-state index in [9.17, 15) is 13.2 Å². The van der Waals surface area contributed by atoms with Crippen molar-refractivity contribution >= 4 is 23.2 Å². The molecular weight excluding hydrogens is 354 g/mol. The van der Waals surface area contributed by atoms with Gasteiger partial charge in [-0.05, 0) is 35.9 Å². The molecule has 0 bridgehead atoms. The molecule has 0 aliphatic carbocycles. The Labute approximate surface area is 140 Å². The second kappa shape index (κ2) is 7.29. The summed E-state index contributed by atoms with van der Waals surface area (Å²) in [6.07, 6.45) is -4.85. The van der Waals surface area contributed by atoms with Crippen molar-refractivity contribution < 1.29 is 22.6 Å². The van der Waals surface area contributed by atoms with Gasteiger partial charge in [0.2, 0.25) is 0 Å². The molecule has 2 N–H and O–H groups in total. The lowest BCUT2D eigenvalue weighted by atomic mass is 10.1. The van der Waals surface area contributed by atoms with Crippen LogP contribution in [-0.2, 0) is 0 Å². The number of hydrogen-bond acceptors (Lipinski definition) is 3. The molecule has 0 unspecified atom stereocenters. The number of alkyl halides is 3. The minimum atomic E-state index is -4.85. The van der Waals surface area contributed by atoms with Crippen molar-refractivity contribution in [2.75, 3.05) is 13.2 Å². The van der Waals surface area contributed by atoms with Crippen molar-refractivity contribution in [3.63, 3.8) is 0 Å². The molecule has 0 aromatic heterocycles. The van der Waals surface area contributed by atoms with Crippen molar-refractivity contribution in [1.29, 1.82) is 0 Å². The summed E-state index contributed by atoms with van der Waals surface area (Å²) in [5, 5.41) is 0.758. The zero-order valence-electron chi connectivity index (χ0n) is 11.7. The van der Waals surface area contributed by atoms with Gasteiger partial charge in [-0.25, -0.2) is 0 Å². The summed E-state index contributed by atoms with van der Waals surface area (Å²) in [4.78, 5) is 0. The first-order chi connectivity index (χ1) is 10.8. The van der Waals surface area contributed by atoms with Crippen molar-refractivity contribution in [3.05, 3.63) is 46.4 Å². The number of rotatable bonds is 5. The first-order valence-corrected chi connectivity index (χ1v) is 7.24. The van der Waals surface area contributed by atoms with Crippen molar-refractivity contribution in [2.24, 2.45) is 5.73 Å². The van der Waals surface area contributed by atoms with E-state index in [1.807, 2.05) is 0 Å².